The van der Waals surface area contributed by atoms with Crippen molar-refractivity contribution in [1.82, 2.24) is 15.1 Å². The Morgan fingerprint density at radius 1 is 1.40 bits per heavy atom. The highest BCUT2D eigenvalue weighted by Crippen LogP contribution is 2.20. The molecule has 0 saturated carbocycles. The molecule has 4 amide bonds. The van der Waals surface area contributed by atoms with Gasteiger partial charge in [0.25, 0.3) is 5.91 Å². The summed E-state index contributed by atoms with van der Waals surface area (Å²) >= 11 is 0. The van der Waals surface area contributed by atoms with Gasteiger partial charge in [-0.05, 0) is 13.3 Å². The number of urea groups is 1. The fourth-order valence-electron chi connectivity index (χ4n) is 1.77. The van der Waals surface area contributed by atoms with Crippen LogP contribution in [0.15, 0.2) is 0 Å². The van der Waals surface area contributed by atoms with E-state index in [9.17, 15) is 19.2 Å². The van der Waals surface area contributed by atoms with Crippen LogP contribution in [0.4, 0.5) is 4.79 Å². The molecule has 1 rings (SSSR count). The van der Waals surface area contributed by atoms with Gasteiger partial charge >= 0.3 is 12.0 Å². The van der Waals surface area contributed by atoms with Crippen LogP contribution in [0.1, 0.15) is 26.7 Å². The van der Waals surface area contributed by atoms with E-state index in [1.807, 2.05) is 0 Å². The zero-order chi connectivity index (χ0) is 15.5. The summed E-state index contributed by atoms with van der Waals surface area (Å²) in [6, 6.07) is -0.598. The van der Waals surface area contributed by atoms with Gasteiger partial charge in [-0.15, -0.1) is 0 Å². The zero-order valence-corrected chi connectivity index (χ0v) is 11.8. The predicted octanol–water partition coefficient (Wildman–Crippen LogP) is -0.360. The summed E-state index contributed by atoms with van der Waals surface area (Å²) in [4.78, 5) is 48.1. The van der Waals surface area contributed by atoms with Gasteiger partial charge in [-0.3, -0.25) is 19.3 Å². The van der Waals surface area contributed by atoms with Gasteiger partial charge in [0.2, 0.25) is 5.91 Å². The smallest absolute Gasteiger partial charge is 0.325 e. The van der Waals surface area contributed by atoms with Crippen molar-refractivity contribution in [2.45, 2.75) is 32.2 Å². The van der Waals surface area contributed by atoms with Gasteiger partial charge in [-0.2, -0.15) is 0 Å². The normalized spacial score (nSPS) is 21.9. The number of nitrogens with one attached hydrogen (secondary N) is 1. The highest BCUT2D eigenvalue weighted by molar-refractivity contribution is 6.08. The molecule has 0 spiro atoms. The van der Waals surface area contributed by atoms with Crippen LogP contribution >= 0.6 is 0 Å². The van der Waals surface area contributed by atoms with Gasteiger partial charge in [0.15, 0.2) is 0 Å². The Morgan fingerprint density at radius 3 is 2.45 bits per heavy atom. The summed E-state index contributed by atoms with van der Waals surface area (Å²) in [7, 11) is 1.43. The predicted molar refractivity (Wildman–Crippen MR) is 68.8 cm³/mol. The van der Waals surface area contributed by atoms with E-state index >= 15 is 0 Å². The van der Waals surface area contributed by atoms with Gasteiger partial charge in [0.05, 0.1) is 6.42 Å². The maximum absolute atomic E-state index is 12.1. The van der Waals surface area contributed by atoms with Crippen LogP contribution in [-0.4, -0.2) is 64.4 Å². The van der Waals surface area contributed by atoms with Gasteiger partial charge in [0.1, 0.15) is 12.1 Å². The topological polar surface area (TPSA) is 107 Å². The van der Waals surface area contributed by atoms with Crippen LogP contribution in [0, 0.1) is 0 Å². The maximum atomic E-state index is 12.1. The number of carbonyl (C=O) groups is 4. The van der Waals surface area contributed by atoms with Gasteiger partial charge in [-0.1, -0.05) is 6.92 Å². The summed E-state index contributed by atoms with van der Waals surface area (Å²) in [6.07, 6.45) is 0.242. The summed E-state index contributed by atoms with van der Waals surface area (Å²) in [5.41, 5.74) is -0.975. The van der Waals surface area contributed by atoms with Crippen LogP contribution in [0.2, 0.25) is 0 Å². The number of nitrogens with zero attached hydrogens (tertiary/aromatic N) is 2. The number of hydrogen-bond donors (Lipinski definition) is 2. The van der Waals surface area contributed by atoms with E-state index in [1.54, 1.807) is 13.8 Å². The average molecular weight is 285 g/mol. The van der Waals surface area contributed by atoms with E-state index in [4.69, 9.17) is 5.11 Å². The molecular formula is C12H19N3O5. The number of carboxylic acid groups (broad SMARTS) is 1. The highest BCUT2D eigenvalue weighted by Gasteiger charge is 2.47. The lowest BCUT2D eigenvalue weighted by Crippen LogP contribution is -2.45. The Bertz CT molecular complexity index is 450. The van der Waals surface area contributed by atoms with Gasteiger partial charge in [0, 0.05) is 13.6 Å². The van der Waals surface area contributed by atoms with E-state index in [0.717, 1.165) is 4.90 Å². The van der Waals surface area contributed by atoms with Crippen molar-refractivity contribution in [3.63, 3.8) is 0 Å². The molecule has 8 nitrogen and oxygen atoms in total. The quantitative estimate of drug-likeness (QED) is 0.648. The van der Waals surface area contributed by atoms with Crippen LogP contribution in [0.3, 0.4) is 0 Å². The van der Waals surface area contributed by atoms with Crippen LogP contribution in [0.25, 0.3) is 0 Å². The van der Waals surface area contributed by atoms with Crippen LogP contribution < -0.4 is 5.32 Å². The summed E-state index contributed by atoms with van der Waals surface area (Å²) in [6.45, 7) is 3.02. The Hall–Kier alpha value is -2.12. The van der Waals surface area contributed by atoms with Gasteiger partial charge in [-0.25, -0.2) is 4.79 Å². The molecule has 1 saturated heterocycles. The van der Waals surface area contributed by atoms with Crippen LogP contribution in [-0.2, 0) is 14.4 Å². The molecule has 1 aliphatic heterocycles. The summed E-state index contributed by atoms with van der Waals surface area (Å²) in [5.74, 6) is -1.93. The number of hydrogen-bond acceptors (Lipinski definition) is 4. The molecule has 0 bridgehead atoms. The molecule has 0 aromatic carbocycles. The first-order valence-corrected chi connectivity index (χ1v) is 6.31. The second-order valence-electron chi connectivity index (χ2n) is 4.97. The first-order chi connectivity index (χ1) is 9.21. The highest BCUT2D eigenvalue weighted by atomic mass is 16.4. The van der Waals surface area contributed by atoms with Crippen molar-refractivity contribution in [3.8, 4) is 0 Å². The van der Waals surface area contributed by atoms with Crippen molar-refractivity contribution in [1.29, 1.82) is 0 Å². The second-order valence-corrected chi connectivity index (χ2v) is 4.97. The third-order valence-corrected chi connectivity index (χ3v) is 3.43. The minimum Gasteiger partial charge on any atom is -0.481 e. The lowest BCUT2D eigenvalue weighted by atomic mass is 9.99. The molecule has 1 atom stereocenters. The van der Waals surface area contributed by atoms with E-state index in [-0.39, 0.29) is 19.5 Å². The molecular weight excluding hydrogens is 266 g/mol. The Labute approximate surface area is 116 Å². The number of amides is 4. The number of carbonyl (C=O) groups excluding carboxylic acids is 3. The minimum absolute atomic E-state index is 0.0306. The standard InChI is InChI=1S/C12H19N3O5/c1-4-12(2)10(19)15(11(20)13-12)7-8(16)14(3)6-5-9(17)18/h4-7H2,1-3H3,(H,13,20)(H,17,18). The number of carboxylic acids is 1. The van der Waals surface area contributed by atoms with E-state index in [2.05, 4.69) is 5.32 Å². The monoisotopic (exact) mass is 285 g/mol. The maximum Gasteiger partial charge on any atom is 0.325 e. The van der Waals surface area contributed by atoms with Gasteiger partial charge < -0.3 is 15.3 Å². The van der Waals surface area contributed by atoms with E-state index in [0.29, 0.717) is 6.42 Å². The number of rotatable bonds is 6. The Morgan fingerprint density at radius 2 is 2.00 bits per heavy atom. The van der Waals surface area contributed by atoms with Crippen molar-refractivity contribution in [2.75, 3.05) is 20.1 Å². The molecule has 0 aromatic rings. The van der Waals surface area contributed by atoms with Crippen molar-refractivity contribution >= 4 is 23.8 Å². The first-order valence-electron chi connectivity index (χ1n) is 6.31. The number of aliphatic carboxylic acids is 1. The molecule has 112 valence electrons. The minimum atomic E-state index is -1.02. The molecule has 0 radical (unpaired) electrons. The largest absolute Gasteiger partial charge is 0.481 e. The fourth-order valence-corrected chi connectivity index (χ4v) is 1.77. The number of likely N-dealkylation sites (N-methyl/N-ethyl adjacent to an activating group) is 1. The lowest BCUT2D eigenvalue weighted by Gasteiger charge is -2.21. The molecule has 2 N–H and O–H groups in total. The van der Waals surface area contributed by atoms with E-state index < -0.39 is 29.4 Å². The molecule has 1 heterocycles. The second kappa shape index (κ2) is 5.89. The molecule has 1 unspecified atom stereocenters. The molecule has 20 heavy (non-hydrogen) atoms. The van der Waals surface area contributed by atoms with Crippen LogP contribution in [0.5, 0.6) is 0 Å². The lowest BCUT2D eigenvalue weighted by molar-refractivity contribution is -0.140. The van der Waals surface area contributed by atoms with E-state index in [1.165, 1.54) is 11.9 Å². The molecule has 8 heteroatoms. The van der Waals surface area contributed by atoms with Crippen molar-refractivity contribution in [3.05, 3.63) is 0 Å². The van der Waals surface area contributed by atoms with Crippen molar-refractivity contribution in [2.24, 2.45) is 0 Å². The van der Waals surface area contributed by atoms with Crippen molar-refractivity contribution < 1.29 is 24.3 Å². The Balaban J connectivity index is 2.64. The molecule has 0 aromatic heterocycles. The summed E-state index contributed by atoms with van der Waals surface area (Å²) < 4.78 is 0. The molecule has 0 aliphatic carbocycles. The molecule has 1 aliphatic rings. The zero-order valence-electron chi connectivity index (χ0n) is 11.8. The SMILES string of the molecule is CCC1(C)NC(=O)N(CC(=O)N(C)CCC(=O)O)C1=O. The number of imide groups is 1. The summed E-state index contributed by atoms with van der Waals surface area (Å²) in [5, 5.41) is 11.1. The first kappa shape index (κ1) is 15.9. The molecule has 1 fully saturated rings. The third-order valence-electron chi connectivity index (χ3n) is 3.43. The average Bonchev–Trinajstić information content (AvgIpc) is 2.60. The third kappa shape index (κ3) is 3.25. The fraction of sp³-hybridized carbons (Fsp3) is 0.667. The Kier molecular flexibility index (Phi) is 4.69.